The predicted octanol–water partition coefficient (Wildman–Crippen LogP) is 2.05. The summed E-state index contributed by atoms with van der Waals surface area (Å²) in [4.78, 5) is 12.0. The normalized spacial score (nSPS) is 28.3. The van der Waals surface area contributed by atoms with E-state index in [2.05, 4.69) is 12.0 Å². The molecule has 1 saturated carbocycles. The smallest absolute Gasteiger partial charge is 0.267 e. The summed E-state index contributed by atoms with van der Waals surface area (Å²) >= 11 is 0. The molecule has 3 unspecified atom stereocenters. The highest BCUT2D eigenvalue weighted by Gasteiger charge is 2.31. The number of aromatic nitrogens is 2. The zero-order chi connectivity index (χ0) is 13.1. The van der Waals surface area contributed by atoms with Gasteiger partial charge in [0.15, 0.2) is 0 Å². The van der Waals surface area contributed by atoms with Gasteiger partial charge in [0.2, 0.25) is 0 Å². The van der Waals surface area contributed by atoms with E-state index < -0.39 is 0 Å². The van der Waals surface area contributed by atoms with Crippen molar-refractivity contribution in [3.8, 4) is 0 Å². The topological polar surface area (TPSA) is 55.1 Å². The Labute approximate surface area is 108 Å². The van der Waals surface area contributed by atoms with Gasteiger partial charge in [-0.3, -0.25) is 4.79 Å². The van der Waals surface area contributed by atoms with Crippen LogP contribution < -0.4 is 5.56 Å². The molecule has 0 saturated heterocycles. The third-order valence-corrected chi connectivity index (χ3v) is 3.86. The van der Waals surface area contributed by atoms with E-state index in [0.29, 0.717) is 12.3 Å². The quantitative estimate of drug-likeness (QED) is 0.893. The standard InChI is InChI=1S/C14H22N2O2/c1-3-4-11-5-6-12(17)8-13(11)16-14(18)7-10(2)9-15-16/h7,9,11-13,17H,3-6,8H2,1-2H3. The second kappa shape index (κ2) is 5.65. The van der Waals surface area contributed by atoms with Gasteiger partial charge in [0.25, 0.3) is 5.56 Å². The van der Waals surface area contributed by atoms with Crippen molar-refractivity contribution in [2.24, 2.45) is 5.92 Å². The van der Waals surface area contributed by atoms with Gasteiger partial charge in [-0.2, -0.15) is 5.10 Å². The number of aryl methyl sites for hydroxylation is 1. The lowest BCUT2D eigenvalue weighted by atomic mass is 9.80. The summed E-state index contributed by atoms with van der Waals surface area (Å²) in [7, 11) is 0. The van der Waals surface area contributed by atoms with E-state index in [4.69, 9.17) is 0 Å². The summed E-state index contributed by atoms with van der Waals surface area (Å²) in [6, 6.07) is 1.68. The number of hydrogen-bond donors (Lipinski definition) is 1. The number of rotatable bonds is 3. The molecule has 0 radical (unpaired) electrons. The minimum absolute atomic E-state index is 0.0461. The van der Waals surface area contributed by atoms with Crippen LogP contribution in [0.15, 0.2) is 17.1 Å². The highest BCUT2D eigenvalue weighted by molar-refractivity contribution is 5.03. The third-order valence-electron chi connectivity index (χ3n) is 3.86. The maximum absolute atomic E-state index is 12.0. The van der Waals surface area contributed by atoms with Gasteiger partial charge >= 0.3 is 0 Å². The van der Waals surface area contributed by atoms with Gasteiger partial charge < -0.3 is 5.11 Å². The van der Waals surface area contributed by atoms with Crippen molar-refractivity contribution in [3.05, 3.63) is 28.2 Å². The summed E-state index contributed by atoms with van der Waals surface area (Å²) in [5, 5.41) is 14.1. The highest BCUT2D eigenvalue weighted by Crippen LogP contribution is 2.35. The van der Waals surface area contributed by atoms with Crippen LogP contribution in [0.5, 0.6) is 0 Å². The lowest BCUT2D eigenvalue weighted by Crippen LogP contribution is -2.37. The number of hydrogen-bond acceptors (Lipinski definition) is 3. The van der Waals surface area contributed by atoms with Crippen molar-refractivity contribution in [2.75, 3.05) is 0 Å². The molecular weight excluding hydrogens is 228 g/mol. The first-order chi connectivity index (χ1) is 8.61. The summed E-state index contributed by atoms with van der Waals surface area (Å²) in [5.74, 6) is 0.464. The molecule has 2 rings (SSSR count). The van der Waals surface area contributed by atoms with Crippen molar-refractivity contribution in [2.45, 2.75) is 58.1 Å². The molecule has 4 heteroatoms. The van der Waals surface area contributed by atoms with Crippen LogP contribution in [-0.2, 0) is 0 Å². The van der Waals surface area contributed by atoms with Crippen molar-refractivity contribution < 1.29 is 5.11 Å². The SMILES string of the molecule is CCCC1CCC(O)CC1n1ncc(C)cc1=O. The Morgan fingerprint density at radius 1 is 1.50 bits per heavy atom. The van der Waals surface area contributed by atoms with Gasteiger partial charge in [-0.05, 0) is 44.1 Å². The number of nitrogens with zero attached hydrogens (tertiary/aromatic N) is 2. The lowest BCUT2D eigenvalue weighted by molar-refractivity contribution is 0.0629. The molecular formula is C14H22N2O2. The van der Waals surface area contributed by atoms with Crippen LogP contribution in [0.1, 0.15) is 50.6 Å². The first-order valence-corrected chi connectivity index (χ1v) is 6.85. The van der Waals surface area contributed by atoms with Gasteiger partial charge in [0.05, 0.1) is 18.3 Å². The summed E-state index contributed by atoms with van der Waals surface area (Å²) in [6.45, 7) is 4.03. The first-order valence-electron chi connectivity index (χ1n) is 6.85. The minimum atomic E-state index is -0.293. The summed E-state index contributed by atoms with van der Waals surface area (Å²) in [6.07, 6.45) is 6.13. The molecule has 0 aliphatic heterocycles. The zero-order valence-electron chi connectivity index (χ0n) is 11.2. The molecule has 1 aromatic rings. The van der Waals surface area contributed by atoms with Crippen molar-refractivity contribution in [1.29, 1.82) is 0 Å². The first kappa shape index (κ1) is 13.3. The van der Waals surface area contributed by atoms with Crippen molar-refractivity contribution in [3.63, 3.8) is 0 Å². The Morgan fingerprint density at radius 2 is 2.28 bits per heavy atom. The van der Waals surface area contributed by atoms with Gasteiger partial charge in [-0.15, -0.1) is 0 Å². The fourth-order valence-electron chi connectivity index (χ4n) is 2.95. The van der Waals surface area contributed by atoms with Crippen LogP contribution in [-0.4, -0.2) is 21.0 Å². The molecule has 1 heterocycles. The maximum Gasteiger partial charge on any atom is 0.267 e. The maximum atomic E-state index is 12.0. The molecule has 3 atom stereocenters. The van der Waals surface area contributed by atoms with Crippen LogP contribution in [0.2, 0.25) is 0 Å². The van der Waals surface area contributed by atoms with E-state index in [1.807, 2.05) is 6.92 Å². The Bertz CT molecular complexity index is 455. The van der Waals surface area contributed by atoms with E-state index in [1.165, 1.54) is 0 Å². The fraction of sp³-hybridized carbons (Fsp3) is 0.714. The Balaban J connectivity index is 2.29. The monoisotopic (exact) mass is 250 g/mol. The van der Waals surface area contributed by atoms with Crippen molar-refractivity contribution >= 4 is 0 Å². The Kier molecular flexibility index (Phi) is 4.17. The zero-order valence-corrected chi connectivity index (χ0v) is 11.2. The average Bonchev–Trinajstić information content (AvgIpc) is 2.32. The molecule has 1 fully saturated rings. The average molecular weight is 250 g/mol. The van der Waals surface area contributed by atoms with E-state index in [9.17, 15) is 9.90 Å². The molecule has 18 heavy (non-hydrogen) atoms. The van der Waals surface area contributed by atoms with E-state index in [1.54, 1.807) is 16.9 Å². The number of aliphatic hydroxyl groups excluding tert-OH is 1. The summed E-state index contributed by atoms with van der Waals surface area (Å²) < 4.78 is 1.58. The third kappa shape index (κ3) is 2.80. The molecule has 100 valence electrons. The molecule has 1 aliphatic rings. The molecule has 4 nitrogen and oxygen atoms in total. The minimum Gasteiger partial charge on any atom is -0.393 e. The summed E-state index contributed by atoms with van der Waals surface area (Å²) in [5.41, 5.74) is 0.842. The van der Waals surface area contributed by atoms with E-state index in [-0.39, 0.29) is 17.7 Å². The number of aliphatic hydroxyl groups is 1. The fourth-order valence-corrected chi connectivity index (χ4v) is 2.95. The van der Waals surface area contributed by atoms with Crippen LogP contribution in [0.4, 0.5) is 0 Å². The lowest BCUT2D eigenvalue weighted by Gasteiger charge is -2.34. The molecule has 0 aromatic carbocycles. The van der Waals surface area contributed by atoms with Crippen LogP contribution in [0, 0.1) is 12.8 Å². The Hall–Kier alpha value is -1.16. The van der Waals surface area contributed by atoms with E-state index in [0.717, 1.165) is 31.2 Å². The van der Waals surface area contributed by atoms with Gasteiger partial charge in [-0.1, -0.05) is 13.3 Å². The second-order valence-electron chi connectivity index (χ2n) is 5.40. The van der Waals surface area contributed by atoms with Crippen LogP contribution in [0.3, 0.4) is 0 Å². The second-order valence-corrected chi connectivity index (χ2v) is 5.40. The van der Waals surface area contributed by atoms with Gasteiger partial charge in [0.1, 0.15) is 0 Å². The van der Waals surface area contributed by atoms with Gasteiger partial charge in [-0.25, -0.2) is 4.68 Å². The Morgan fingerprint density at radius 3 is 2.94 bits per heavy atom. The van der Waals surface area contributed by atoms with Crippen LogP contribution in [0.25, 0.3) is 0 Å². The van der Waals surface area contributed by atoms with Crippen molar-refractivity contribution in [1.82, 2.24) is 9.78 Å². The largest absolute Gasteiger partial charge is 0.393 e. The molecule has 1 N–H and O–H groups in total. The molecule has 0 bridgehead atoms. The van der Waals surface area contributed by atoms with Gasteiger partial charge in [0, 0.05) is 6.07 Å². The molecule has 0 amide bonds. The molecule has 1 aliphatic carbocycles. The molecule has 1 aromatic heterocycles. The highest BCUT2D eigenvalue weighted by atomic mass is 16.3. The van der Waals surface area contributed by atoms with Crippen LogP contribution >= 0.6 is 0 Å². The van der Waals surface area contributed by atoms with E-state index >= 15 is 0 Å². The molecule has 0 spiro atoms. The predicted molar refractivity (Wildman–Crippen MR) is 70.5 cm³/mol.